The quantitative estimate of drug-likeness (QED) is 0.917. The lowest BCUT2D eigenvalue weighted by Crippen LogP contribution is -2.23. The number of hydrogen-bond acceptors (Lipinski definition) is 3. The van der Waals surface area contributed by atoms with E-state index in [0.29, 0.717) is 6.42 Å². The highest BCUT2D eigenvalue weighted by Crippen LogP contribution is 2.19. The van der Waals surface area contributed by atoms with Crippen LogP contribution in [0.1, 0.15) is 16.7 Å². The number of amides is 1. The average molecular weight is 308 g/mol. The van der Waals surface area contributed by atoms with Crippen molar-refractivity contribution >= 4 is 11.6 Å². The summed E-state index contributed by atoms with van der Waals surface area (Å²) in [6.07, 6.45) is 0.372. The number of rotatable bonds is 5. The summed E-state index contributed by atoms with van der Waals surface area (Å²) >= 11 is 0. The number of aryl methyl sites for hydroxylation is 2. The topological polar surface area (TPSA) is 62.1 Å². The molecular weight excluding hydrogens is 288 g/mol. The molecule has 4 heteroatoms. The van der Waals surface area contributed by atoms with Crippen LogP contribution < -0.4 is 10.1 Å². The molecule has 0 saturated heterocycles. The van der Waals surface area contributed by atoms with Gasteiger partial charge in [-0.25, -0.2) is 0 Å². The fraction of sp³-hybridized carbons (Fsp3) is 0.263. The number of hydrogen-bond donors (Lipinski definition) is 1. The number of nitrogens with one attached hydrogen (secondary N) is 1. The van der Waals surface area contributed by atoms with E-state index in [1.165, 1.54) is 0 Å². The Labute approximate surface area is 136 Å². The van der Waals surface area contributed by atoms with E-state index in [-0.39, 0.29) is 5.91 Å². The van der Waals surface area contributed by atoms with E-state index in [9.17, 15) is 10.1 Å². The van der Waals surface area contributed by atoms with E-state index >= 15 is 0 Å². The van der Waals surface area contributed by atoms with Gasteiger partial charge in [0.2, 0.25) is 5.91 Å². The van der Waals surface area contributed by atoms with Crippen molar-refractivity contribution in [2.24, 2.45) is 5.92 Å². The molecule has 0 aromatic heterocycles. The molecule has 4 nitrogen and oxygen atoms in total. The van der Waals surface area contributed by atoms with Crippen molar-refractivity contribution in [2.45, 2.75) is 20.3 Å². The van der Waals surface area contributed by atoms with Crippen LogP contribution in [-0.2, 0) is 11.2 Å². The van der Waals surface area contributed by atoms with E-state index in [2.05, 4.69) is 11.4 Å². The fourth-order valence-electron chi connectivity index (χ4n) is 2.28. The van der Waals surface area contributed by atoms with Gasteiger partial charge in [0, 0.05) is 5.69 Å². The van der Waals surface area contributed by atoms with Crippen LogP contribution in [0.4, 0.5) is 5.69 Å². The third-order valence-electron chi connectivity index (χ3n) is 3.72. The lowest BCUT2D eigenvalue weighted by Gasteiger charge is -2.13. The Kier molecular flexibility index (Phi) is 5.37. The Bertz CT molecular complexity index is 730. The minimum absolute atomic E-state index is 0.281. The van der Waals surface area contributed by atoms with Crippen LogP contribution >= 0.6 is 0 Å². The second kappa shape index (κ2) is 7.46. The molecule has 1 unspecified atom stereocenters. The number of nitrogens with zero attached hydrogens (tertiary/aromatic N) is 1. The van der Waals surface area contributed by atoms with Gasteiger partial charge in [-0.2, -0.15) is 5.26 Å². The number of benzene rings is 2. The van der Waals surface area contributed by atoms with Gasteiger partial charge < -0.3 is 10.1 Å². The number of ether oxygens (including phenoxy) is 1. The van der Waals surface area contributed by atoms with Crippen LogP contribution in [0.15, 0.2) is 42.5 Å². The minimum Gasteiger partial charge on any atom is -0.497 e. The van der Waals surface area contributed by atoms with Gasteiger partial charge in [-0.15, -0.1) is 0 Å². The van der Waals surface area contributed by atoms with Gasteiger partial charge in [0.05, 0.1) is 13.2 Å². The van der Waals surface area contributed by atoms with Gasteiger partial charge in [0.25, 0.3) is 0 Å². The lowest BCUT2D eigenvalue weighted by atomic mass is 9.99. The minimum atomic E-state index is -0.733. The largest absolute Gasteiger partial charge is 0.497 e. The first-order chi connectivity index (χ1) is 11.0. The summed E-state index contributed by atoms with van der Waals surface area (Å²) in [6, 6.07) is 15.3. The van der Waals surface area contributed by atoms with Gasteiger partial charge in [0.15, 0.2) is 0 Å². The molecule has 0 aliphatic carbocycles. The molecule has 0 radical (unpaired) electrons. The molecule has 1 amide bonds. The highest BCUT2D eigenvalue weighted by molar-refractivity contribution is 5.95. The van der Waals surface area contributed by atoms with Crippen molar-refractivity contribution in [2.75, 3.05) is 12.4 Å². The molecule has 0 heterocycles. The van der Waals surface area contributed by atoms with Crippen LogP contribution in [0.2, 0.25) is 0 Å². The Morgan fingerprint density at radius 2 is 1.91 bits per heavy atom. The Morgan fingerprint density at radius 1 is 1.22 bits per heavy atom. The van der Waals surface area contributed by atoms with Gasteiger partial charge >= 0.3 is 0 Å². The van der Waals surface area contributed by atoms with E-state index in [1.54, 1.807) is 7.11 Å². The van der Waals surface area contributed by atoms with Crippen molar-refractivity contribution in [3.8, 4) is 11.8 Å². The Balaban J connectivity index is 2.09. The molecule has 0 aliphatic heterocycles. The predicted octanol–water partition coefficient (Wildman–Crippen LogP) is 3.63. The van der Waals surface area contributed by atoms with Crippen LogP contribution in [0.3, 0.4) is 0 Å². The first-order valence-corrected chi connectivity index (χ1v) is 7.44. The zero-order chi connectivity index (χ0) is 16.8. The van der Waals surface area contributed by atoms with E-state index in [0.717, 1.165) is 28.1 Å². The van der Waals surface area contributed by atoms with Gasteiger partial charge in [-0.1, -0.05) is 24.3 Å². The molecule has 0 aliphatic rings. The molecule has 2 aromatic rings. The second-order valence-corrected chi connectivity index (χ2v) is 5.54. The first kappa shape index (κ1) is 16.6. The summed E-state index contributed by atoms with van der Waals surface area (Å²) < 4.78 is 5.11. The number of carbonyl (C=O) groups is 1. The summed E-state index contributed by atoms with van der Waals surface area (Å²) in [7, 11) is 1.60. The molecule has 118 valence electrons. The third kappa shape index (κ3) is 4.33. The molecule has 2 rings (SSSR count). The summed E-state index contributed by atoms with van der Waals surface area (Å²) in [5, 5.41) is 12.2. The predicted molar refractivity (Wildman–Crippen MR) is 90.3 cm³/mol. The molecule has 2 aromatic carbocycles. The van der Waals surface area contributed by atoms with Gasteiger partial charge in [-0.05, 0) is 55.2 Å². The number of anilines is 1. The summed E-state index contributed by atoms with van der Waals surface area (Å²) in [5.41, 5.74) is 3.72. The van der Waals surface area contributed by atoms with E-state index in [1.807, 2.05) is 56.3 Å². The van der Waals surface area contributed by atoms with Crippen molar-refractivity contribution < 1.29 is 9.53 Å². The molecule has 0 saturated carbocycles. The molecule has 23 heavy (non-hydrogen) atoms. The highest BCUT2D eigenvalue weighted by atomic mass is 16.5. The number of carbonyl (C=O) groups excluding carboxylic acids is 1. The van der Waals surface area contributed by atoms with E-state index in [4.69, 9.17) is 4.74 Å². The summed E-state index contributed by atoms with van der Waals surface area (Å²) in [6.45, 7) is 3.90. The molecule has 0 fully saturated rings. The van der Waals surface area contributed by atoms with Crippen LogP contribution in [-0.4, -0.2) is 13.0 Å². The smallest absolute Gasteiger partial charge is 0.242 e. The molecule has 1 N–H and O–H groups in total. The van der Waals surface area contributed by atoms with Crippen molar-refractivity contribution in [3.05, 3.63) is 59.2 Å². The van der Waals surface area contributed by atoms with Crippen LogP contribution in [0, 0.1) is 31.1 Å². The number of methoxy groups -OCH3 is 1. The Hall–Kier alpha value is -2.80. The molecule has 0 bridgehead atoms. The van der Waals surface area contributed by atoms with E-state index < -0.39 is 5.92 Å². The lowest BCUT2D eigenvalue weighted by molar-refractivity contribution is -0.118. The zero-order valence-corrected chi connectivity index (χ0v) is 13.6. The summed E-state index contributed by atoms with van der Waals surface area (Å²) in [4.78, 5) is 12.4. The van der Waals surface area contributed by atoms with Crippen LogP contribution in [0.5, 0.6) is 5.75 Å². The van der Waals surface area contributed by atoms with Crippen molar-refractivity contribution in [1.82, 2.24) is 0 Å². The highest BCUT2D eigenvalue weighted by Gasteiger charge is 2.19. The number of nitriles is 1. The Morgan fingerprint density at radius 3 is 2.52 bits per heavy atom. The molecular formula is C19H20N2O2. The maximum absolute atomic E-state index is 12.4. The first-order valence-electron chi connectivity index (χ1n) is 7.44. The monoisotopic (exact) mass is 308 g/mol. The van der Waals surface area contributed by atoms with Gasteiger partial charge in [0.1, 0.15) is 11.7 Å². The maximum atomic E-state index is 12.4. The molecule has 1 atom stereocenters. The molecule has 0 spiro atoms. The maximum Gasteiger partial charge on any atom is 0.242 e. The third-order valence-corrected chi connectivity index (χ3v) is 3.72. The summed E-state index contributed by atoms with van der Waals surface area (Å²) in [5.74, 6) is -0.262. The zero-order valence-electron chi connectivity index (χ0n) is 13.6. The van der Waals surface area contributed by atoms with Crippen molar-refractivity contribution in [1.29, 1.82) is 5.26 Å². The van der Waals surface area contributed by atoms with Crippen molar-refractivity contribution in [3.63, 3.8) is 0 Å². The standard InChI is InChI=1S/C19H20N2O2/c1-13-4-5-14(2)18(10-13)21-19(22)16(12-20)11-15-6-8-17(23-3)9-7-15/h4-10,16H,11H2,1-3H3,(H,21,22). The second-order valence-electron chi connectivity index (χ2n) is 5.54. The normalized spacial score (nSPS) is 11.4. The average Bonchev–Trinajstić information content (AvgIpc) is 2.56. The van der Waals surface area contributed by atoms with Gasteiger partial charge in [-0.3, -0.25) is 4.79 Å². The van der Waals surface area contributed by atoms with Crippen LogP contribution in [0.25, 0.3) is 0 Å². The fourth-order valence-corrected chi connectivity index (χ4v) is 2.28. The SMILES string of the molecule is COc1ccc(CC(C#N)C(=O)Nc2cc(C)ccc2C)cc1.